The summed E-state index contributed by atoms with van der Waals surface area (Å²) in [5.41, 5.74) is -0.364. The van der Waals surface area contributed by atoms with E-state index in [0.717, 1.165) is 32.5 Å². The van der Waals surface area contributed by atoms with Crippen molar-refractivity contribution in [1.29, 1.82) is 0 Å². The van der Waals surface area contributed by atoms with E-state index in [4.69, 9.17) is 9.47 Å². The number of piperidine rings is 1. The molecule has 136 valence electrons. The molecule has 0 aliphatic carbocycles. The first-order valence-corrected chi connectivity index (χ1v) is 8.88. The minimum Gasteiger partial charge on any atom is -0.444 e. The van der Waals surface area contributed by atoms with E-state index in [0.29, 0.717) is 32.7 Å². The van der Waals surface area contributed by atoms with Crippen LogP contribution in [0.1, 0.15) is 33.6 Å². The lowest BCUT2D eigenvalue weighted by Gasteiger charge is -2.37. The smallest absolute Gasteiger partial charge is 0.410 e. The lowest BCUT2D eigenvalue weighted by atomic mass is 9.98. The first kappa shape index (κ1) is 17.5. The van der Waals surface area contributed by atoms with Crippen molar-refractivity contribution in [2.45, 2.75) is 44.8 Å². The van der Waals surface area contributed by atoms with Gasteiger partial charge in [-0.2, -0.15) is 0 Å². The number of hydrogen-bond acceptors (Lipinski definition) is 5. The summed E-state index contributed by atoms with van der Waals surface area (Å²) in [5.74, 6) is 0.191. The molecule has 2 amide bonds. The van der Waals surface area contributed by atoms with Gasteiger partial charge in [-0.15, -0.1) is 0 Å². The molecule has 0 aromatic rings. The number of hydrogen-bond donors (Lipinski definition) is 0. The fraction of sp³-hybridized carbons (Fsp3) is 0.882. The van der Waals surface area contributed by atoms with Crippen molar-refractivity contribution in [2.24, 2.45) is 0 Å². The molecule has 0 aromatic heterocycles. The van der Waals surface area contributed by atoms with E-state index in [1.807, 2.05) is 25.7 Å². The van der Waals surface area contributed by atoms with Crippen LogP contribution < -0.4 is 0 Å². The fourth-order valence-corrected chi connectivity index (χ4v) is 3.26. The van der Waals surface area contributed by atoms with Gasteiger partial charge in [-0.25, -0.2) is 4.79 Å². The highest BCUT2D eigenvalue weighted by atomic mass is 16.6. The van der Waals surface area contributed by atoms with Gasteiger partial charge in [-0.05, 0) is 33.6 Å². The van der Waals surface area contributed by atoms with Crippen LogP contribution in [-0.4, -0.2) is 90.3 Å². The summed E-state index contributed by atoms with van der Waals surface area (Å²) < 4.78 is 10.9. The molecular weight excluding hydrogens is 310 g/mol. The van der Waals surface area contributed by atoms with Crippen LogP contribution in [-0.2, 0) is 14.3 Å². The van der Waals surface area contributed by atoms with Crippen LogP contribution in [0, 0.1) is 0 Å². The summed E-state index contributed by atoms with van der Waals surface area (Å²) in [6.45, 7) is 11.2. The minimum atomic E-state index is -0.471. The maximum Gasteiger partial charge on any atom is 0.410 e. The monoisotopic (exact) mass is 339 g/mol. The minimum absolute atomic E-state index is 0.107. The fourth-order valence-electron chi connectivity index (χ4n) is 3.26. The summed E-state index contributed by atoms with van der Waals surface area (Å²) in [4.78, 5) is 30.3. The second-order valence-corrected chi connectivity index (χ2v) is 8.10. The molecule has 1 spiro atoms. The van der Waals surface area contributed by atoms with Crippen LogP contribution in [0.2, 0.25) is 0 Å². The maximum absolute atomic E-state index is 12.4. The number of carbonyl (C=O) groups excluding carboxylic acids is 2. The number of ether oxygens (including phenoxy) is 2. The van der Waals surface area contributed by atoms with Gasteiger partial charge in [-0.3, -0.25) is 9.69 Å². The molecule has 0 atom stereocenters. The zero-order chi connectivity index (χ0) is 17.4. The standard InChI is InChI=1S/C17H29N3O4/c1-16(2,3)24-15(22)20-10-8-18(9-11-20)12-14(21)19-6-4-17(5-7-19)13-23-17/h4-13H2,1-3H3. The van der Waals surface area contributed by atoms with Gasteiger partial charge in [0.2, 0.25) is 5.91 Å². The van der Waals surface area contributed by atoms with Crippen LogP contribution in [0.5, 0.6) is 0 Å². The first-order chi connectivity index (χ1) is 11.3. The van der Waals surface area contributed by atoms with Crippen molar-refractivity contribution in [1.82, 2.24) is 14.7 Å². The number of rotatable bonds is 2. The average molecular weight is 339 g/mol. The van der Waals surface area contributed by atoms with E-state index in [1.54, 1.807) is 4.90 Å². The molecule has 0 saturated carbocycles. The lowest BCUT2D eigenvalue weighted by Crippen LogP contribution is -2.53. The largest absolute Gasteiger partial charge is 0.444 e. The third-order valence-electron chi connectivity index (χ3n) is 4.96. The normalized spacial score (nSPS) is 24.1. The van der Waals surface area contributed by atoms with Gasteiger partial charge in [0.05, 0.1) is 18.8 Å². The Hall–Kier alpha value is -1.34. The van der Waals surface area contributed by atoms with Gasteiger partial charge in [0.25, 0.3) is 0 Å². The van der Waals surface area contributed by atoms with Gasteiger partial charge in [0.15, 0.2) is 0 Å². The van der Waals surface area contributed by atoms with E-state index in [9.17, 15) is 9.59 Å². The predicted octanol–water partition coefficient (Wildman–Crippen LogP) is 0.931. The molecule has 0 aromatic carbocycles. The molecule has 0 N–H and O–H groups in total. The Morgan fingerprint density at radius 1 is 1.00 bits per heavy atom. The number of carbonyl (C=O) groups is 2. The Kier molecular flexibility index (Phi) is 4.75. The summed E-state index contributed by atoms with van der Waals surface area (Å²) in [6.07, 6.45) is 1.66. The third-order valence-corrected chi connectivity index (χ3v) is 4.96. The van der Waals surface area contributed by atoms with E-state index in [-0.39, 0.29) is 17.6 Å². The van der Waals surface area contributed by atoms with Crippen LogP contribution in [0.15, 0.2) is 0 Å². The highest BCUT2D eigenvalue weighted by molar-refractivity contribution is 5.78. The van der Waals surface area contributed by atoms with E-state index >= 15 is 0 Å². The van der Waals surface area contributed by atoms with Gasteiger partial charge in [0, 0.05) is 39.3 Å². The second kappa shape index (κ2) is 6.52. The molecular formula is C17H29N3O4. The van der Waals surface area contributed by atoms with Gasteiger partial charge in [-0.1, -0.05) is 0 Å². The van der Waals surface area contributed by atoms with Crippen LogP contribution in [0.4, 0.5) is 4.79 Å². The third kappa shape index (κ3) is 4.39. The summed E-state index contributed by atoms with van der Waals surface area (Å²) in [7, 11) is 0. The van der Waals surface area contributed by atoms with Crippen molar-refractivity contribution < 1.29 is 19.1 Å². The van der Waals surface area contributed by atoms with Crippen LogP contribution in [0.25, 0.3) is 0 Å². The highest BCUT2D eigenvalue weighted by Gasteiger charge is 2.47. The Bertz CT molecular complexity index is 481. The topological polar surface area (TPSA) is 65.6 Å². The number of piperazine rings is 1. The Morgan fingerprint density at radius 3 is 2.08 bits per heavy atom. The highest BCUT2D eigenvalue weighted by Crippen LogP contribution is 2.37. The Labute approximate surface area is 143 Å². The zero-order valence-electron chi connectivity index (χ0n) is 15.0. The van der Waals surface area contributed by atoms with Crippen molar-refractivity contribution in [3.63, 3.8) is 0 Å². The SMILES string of the molecule is CC(C)(C)OC(=O)N1CCN(CC(=O)N2CCC3(CC2)CO3)CC1. The van der Waals surface area contributed by atoms with Gasteiger partial charge < -0.3 is 19.3 Å². The molecule has 3 aliphatic rings. The van der Waals surface area contributed by atoms with Crippen molar-refractivity contribution in [3.05, 3.63) is 0 Å². The van der Waals surface area contributed by atoms with Gasteiger partial charge >= 0.3 is 6.09 Å². The number of likely N-dealkylation sites (tertiary alicyclic amines) is 1. The molecule has 24 heavy (non-hydrogen) atoms. The van der Waals surface area contributed by atoms with Crippen LogP contribution >= 0.6 is 0 Å². The quantitative estimate of drug-likeness (QED) is 0.700. The molecule has 3 heterocycles. The predicted molar refractivity (Wildman–Crippen MR) is 88.7 cm³/mol. The molecule has 3 aliphatic heterocycles. The number of epoxide rings is 1. The van der Waals surface area contributed by atoms with E-state index in [1.165, 1.54) is 0 Å². The lowest BCUT2D eigenvalue weighted by molar-refractivity contribution is -0.134. The molecule has 0 radical (unpaired) electrons. The van der Waals surface area contributed by atoms with Crippen molar-refractivity contribution >= 4 is 12.0 Å². The van der Waals surface area contributed by atoms with E-state index < -0.39 is 5.60 Å². The first-order valence-electron chi connectivity index (χ1n) is 8.88. The summed E-state index contributed by atoms with van der Waals surface area (Å²) >= 11 is 0. The maximum atomic E-state index is 12.4. The summed E-state index contributed by atoms with van der Waals surface area (Å²) in [5, 5.41) is 0. The second-order valence-electron chi connectivity index (χ2n) is 8.10. The van der Waals surface area contributed by atoms with Crippen molar-refractivity contribution in [3.8, 4) is 0 Å². The molecule has 7 nitrogen and oxygen atoms in total. The van der Waals surface area contributed by atoms with E-state index in [2.05, 4.69) is 4.90 Å². The Balaban J connectivity index is 1.39. The van der Waals surface area contributed by atoms with Gasteiger partial charge in [0.1, 0.15) is 5.60 Å². The summed E-state index contributed by atoms with van der Waals surface area (Å²) in [6, 6.07) is 0. The number of amides is 2. The van der Waals surface area contributed by atoms with Crippen LogP contribution in [0.3, 0.4) is 0 Å². The van der Waals surface area contributed by atoms with Crippen molar-refractivity contribution in [2.75, 3.05) is 52.4 Å². The molecule has 0 unspecified atom stereocenters. The number of nitrogens with zero attached hydrogens (tertiary/aromatic N) is 3. The molecule has 3 rings (SSSR count). The zero-order valence-corrected chi connectivity index (χ0v) is 15.0. The molecule has 0 bridgehead atoms. The Morgan fingerprint density at radius 2 is 1.58 bits per heavy atom. The molecule has 3 saturated heterocycles. The molecule has 7 heteroatoms. The molecule has 3 fully saturated rings. The average Bonchev–Trinajstić information content (AvgIpc) is 3.26.